The van der Waals surface area contributed by atoms with E-state index in [-0.39, 0.29) is 0 Å². The van der Waals surface area contributed by atoms with Gasteiger partial charge in [0.05, 0.1) is 20.4 Å². The molecule has 0 bridgehead atoms. The Bertz CT molecular complexity index is 731. The third-order valence-corrected chi connectivity index (χ3v) is 3.84. The average molecular weight is 330 g/mol. The molecule has 2 rings (SSSR count). The lowest BCUT2D eigenvalue weighted by molar-refractivity contribution is 0.354. The van der Waals surface area contributed by atoms with Gasteiger partial charge in [0.1, 0.15) is 11.6 Å². The van der Waals surface area contributed by atoms with E-state index in [4.69, 9.17) is 9.47 Å². The molecule has 7 heteroatoms. The van der Waals surface area contributed by atoms with Gasteiger partial charge in [-0.1, -0.05) is 17.8 Å². The second-order valence-electron chi connectivity index (χ2n) is 4.75. The van der Waals surface area contributed by atoms with Crippen molar-refractivity contribution in [2.75, 3.05) is 32.4 Å². The van der Waals surface area contributed by atoms with E-state index >= 15 is 0 Å². The van der Waals surface area contributed by atoms with Gasteiger partial charge in [0, 0.05) is 13.6 Å². The molecule has 0 aliphatic heterocycles. The summed E-state index contributed by atoms with van der Waals surface area (Å²) in [5, 5.41) is 9.88. The van der Waals surface area contributed by atoms with Crippen molar-refractivity contribution in [1.82, 2.24) is 9.97 Å². The van der Waals surface area contributed by atoms with Gasteiger partial charge in [-0.25, -0.2) is 9.97 Å². The number of benzene rings is 1. The summed E-state index contributed by atoms with van der Waals surface area (Å²) in [6.45, 7) is 0.583. The zero-order chi connectivity index (χ0) is 16.8. The van der Waals surface area contributed by atoms with E-state index in [9.17, 15) is 5.26 Å². The van der Waals surface area contributed by atoms with E-state index in [0.29, 0.717) is 34.6 Å². The SMILES string of the molecule is COc1ccc(CN(C)c2nc(SC)ncc2C#N)cc1OC. The highest BCUT2D eigenvalue weighted by Crippen LogP contribution is 2.29. The maximum Gasteiger partial charge on any atom is 0.189 e. The third kappa shape index (κ3) is 3.85. The van der Waals surface area contributed by atoms with Crippen LogP contribution in [0.3, 0.4) is 0 Å². The first kappa shape index (κ1) is 16.9. The minimum atomic E-state index is 0.450. The smallest absolute Gasteiger partial charge is 0.189 e. The van der Waals surface area contributed by atoms with Gasteiger partial charge < -0.3 is 14.4 Å². The Morgan fingerprint density at radius 1 is 1.26 bits per heavy atom. The summed E-state index contributed by atoms with van der Waals surface area (Å²) in [4.78, 5) is 10.5. The Kier molecular flexibility index (Phi) is 5.66. The average Bonchev–Trinajstić information content (AvgIpc) is 2.60. The number of hydrogen-bond acceptors (Lipinski definition) is 7. The van der Waals surface area contributed by atoms with Crippen LogP contribution in [0.15, 0.2) is 29.6 Å². The van der Waals surface area contributed by atoms with Crippen molar-refractivity contribution in [3.8, 4) is 17.6 Å². The van der Waals surface area contributed by atoms with Crippen LogP contribution in [0.25, 0.3) is 0 Å². The number of aromatic nitrogens is 2. The van der Waals surface area contributed by atoms with Gasteiger partial charge in [-0.15, -0.1) is 0 Å². The summed E-state index contributed by atoms with van der Waals surface area (Å²) in [5.74, 6) is 1.97. The highest BCUT2D eigenvalue weighted by atomic mass is 32.2. The topological polar surface area (TPSA) is 71.3 Å². The molecular formula is C16H18N4O2S. The van der Waals surface area contributed by atoms with Crippen LogP contribution < -0.4 is 14.4 Å². The van der Waals surface area contributed by atoms with Crippen molar-refractivity contribution in [1.29, 1.82) is 5.26 Å². The molecule has 0 radical (unpaired) electrons. The summed E-state index contributed by atoms with van der Waals surface area (Å²) < 4.78 is 10.6. The molecular weight excluding hydrogens is 312 g/mol. The molecule has 0 aliphatic rings. The van der Waals surface area contributed by atoms with Crippen LogP contribution in [0, 0.1) is 11.3 Å². The normalized spacial score (nSPS) is 10.0. The minimum Gasteiger partial charge on any atom is -0.493 e. The lowest BCUT2D eigenvalue weighted by Gasteiger charge is -2.20. The Morgan fingerprint density at radius 3 is 2.61 bits per heavy atom. The molecule has 1 heterocycles. The molecule has 6 nitrogen and oxygen atoms in total. The molecule has 0 unspecified atom stereocenters. The first-order valence-corrected chi connectivity index (χ1v) is 8.08. The van der Waals surface area contributed by atoms with E-state index in [0.717, 1.165) is 5.56 Å². The molecule has 0 aliphatic carbocycles. The Balaban J connectivity index is 2.29. The maximum absolute atomic E-state index is 9.25. The molecule has 0 spiro atoms. The van der Waals surface area contributed by atoms with Crippen LogP contribution >= 0.6 is 11.8 Å². The van der Waals surface area contributed by atoms with Crippen LogP contribution in [-0.2, 0) is 6.54 Å². The number of thioether (sulfide) groups is 1. The number of nitrogens with zero attached hydrogens (tertiary/aromatic N) is 4. The zero-order valence-electron chi connectivity index (χ0n) is 13.5. The molecule has 2 aromatic rings. The summed E-state index contributed by atoms with van der Waals surface area (Å²) in [6.07, 6.45) is 3.46. The van der Waals surface area contributed by atoms with Crippen molar-refractivity contribution in [2.24, 2.45) is 0 Å². The Morgan fingerprint density at radius 2 is 2.00 bits per heavy atom. The number of ether oxygens (including phenoxy) is 2. The van der Waals surface area contributed by atoms with Gasteiger partial charge in [0.2, 0.25) is 0 Å². The first-order valence-electron chi connectivity index (χ1n) is 6.86. The van der Waals surface area contributed by atoms with Crippen LogP contribution in [0.4, 0.5) is 5.82 Å². The molecule has 1 aromatic heterocycles. The number of rotatable bonds is 6. The number of methoxy groups -OCH3 is 2. The van der Waals surface area contributed by atoms with Gasteiger partial charge in [-0.3, -0.25) is 0 Å². The summed E-state index contributed by atoms with van der Waals surface area (Å²) in [5.41, 5.74) is 1.48. The van der Waals surface area contributed by atoms with Gasteiger partial charge in [0.15, 0.2) is 22.5 Å². The quantitative estimate of drug-likeness (QED) is 0.595. The van der Waals surface area contributed by atoms with Crippen molar-refractivity contribution < 1.29 is 9.47 Å². The lowest BCUT2D eigenvalue weighted by atomic mass is 10.2. The molecule has 0 amide bonds. The van der Waals surface area contributed by atoms with Crippen molar-refractivity contribution in [3.05, 3.63) is 35.5 Å². The van der Waals surface area contributed by atoms with Crippen molar-refractivity contribution in [2.45, 2.75) is 11.7 Å². The van der Waals surface area contributed by atoms with Gasteiger partial charge in [0.25, 0.3) is 0 Å². The molecule has 0 saturated heterocycles. The monoisotopic (exact) mass is 330 g/mol. The standard InChI is InChI=1S/C16H18N4O2S/c1-20(15-12(8-17)9-18-16(19-15)23-4)10-11-5-6-13(21-2)14(7-11)22-3/h5-7,9H,10H2,1-4H3. The second-order valence-corrected chi connectivity index (χ2v) is 5.52. The van der Waals surface area contributed by atoms with E-state index in [2.05, 4.69) is 16.0 Å². The van der Waals surface area contributed by atoms with Gasteiger partial charge >= 0.3 is 0 Å². The number of nitriles is 1. The Hall–Kier alpha value is -2.46. The predicted molar refractivity (Wildman–Crippen MR) is 90.2 cm³/mol. The predicted octanol–water partition coefficient (Wildman–Crippen LogP) is 2.72. The zero-order valence-corrected chi connectivity index (χ0v) is 14.3. The highest BCUT2D eigenvalue weighted by molar-refractivity contribution is 7.98. The molecule has 0 atom stereocenters. The number of anilines is 1. The fourth-order valence-corrected chi connectivity index (χ4v) is 2.49. The van der Waals surface area contributed by atoms with Crippen LogP contribution in [0.5, 0.6) is 11.5 Å². The Labute approximate surface area is 140 Å². The highest BCUT2D eigenvalue weighted by Gasteiger charge is 2.13. The molecule has 0 saturated carbocycles. The van der Waals surface area contributed by atoms with Crippen molar-refractivity contribution >= 4 is 17.6 Å². The van der Waals surface area contributed by atoms with E-state index < -0.39 is 0 Å². The van der Waals surface area contributed by atoms with Crippen LogP contribution in [0.2, 0.25) is 0 Å². The van der Waals surface area contributed by atoms with E-state index in [1.807, 2.05) is 36.4 Å². The van der Waals surface area contributed by atoms with Crippen LogP contribution in [0.1, 0.15) is 11.1 Å². The third-order valence-electron chi connectivity index (χ3n) is 3.28. The first-order chi connectivity index (χ1) is 11.1. The van der Waals surface area contributed by atoms with Gasteiger partial charge in [-0.05, 0) is 24.0 Å². The van der Waals surface area contributed by atoms with E-state index in [1.165, 1.54) is 11.8 Å². The molecule has 0 fully saturated rings. The van der Waals surface area contributed by atoms with E-state index in [1.54, 1.807) is 20.4 Å². The summed E-state index contributed by atoms with van der Waals surface area (Å²) in [6, 6.07) is 7.87. The molecule has 23 heavy (non-hydrogen) atoms. The second kappa shape index (κ2) is 7.70. The molecule has 0 N–H and O–H groups in total. The summed E-state index contributed by atoms with van der Waals surface area (Å²) in [7, 11) is 5.10. The summed E-state index contributed by atoms with van der Waals surface area (Å²) >= 11 is 1.44. The lowest BCUT2D eigenvalue weighted by Crippen LogP contribution is -2.19. The minimum absolute atomic E-state index is 0.450. The van der Waals surface area contributed by atoms with Gasteiger partial charge in [-0.2, -0.15) is 5.26 Å². The molecule has 120 valence electrons. The van der Waals surface area contributed by atoms with Crippen molar-refractivity contribution in [3.63, 3.8) is 0 Å². The number of hydrogen-bond donors (Lipinski definition) is 0. The fourth-order valence-electron chi connectivity index (χ4n) is 2.15. The molecule has 1 aromatic carbocycles. The largest absolute Gasteiger partial charge is 0.493 e. The van der Waals surface area contributed by atoms with Crippen LogP contribution in [-0.4, -0.2) is 37.5 Å². The fraction of sp³-hybridized carbons (Fsp3) is 0.312. The maximum atomic E-state index is 9.25.